The van der Waals surface area contributed by atoms with Gasteiger partial charge < -0.3 is 5.11 Å². The number of aliphatic carboxylic acids is 1. The standard InChI is InChI=1S/C19H21ClO4S/c1-3-25(23,24)16-9-10-17(13(2)11-16)18-12-15(20)8-7-14(18)5-4-6-19(21)22/h7-12H,3-6H2,1-2H3,(H,21,22). The molecule has 2 rings (SSSR count). The smallest absolute Gasteiger partial charge is 0.303 e. The highest BCUT2D eigenvalue weighted by Gasteiger charge is 2.15. The molecule has 0 unspecified atom stereocenters. The molecule has 0 amide bonds. The van der Waals surface area contributed by atoms with Crippen molar-refractivity contribution in [2.75, 3.05) is 5.75 Å². The van der Waals surface area contributed by atoms with Crippen LogP contribution in [0.5, 0.6) is 0 Å². The van der Waals surface area contributed by atoms with E-state index in [4.69, 9.17) is 16.7 Å². The number of halogens is 1. The Labute approximate surface area is 153 Å². The molecule has 0 saturated heterocycles. The van der Waals surface area contributed by atoms with Crippen LogP contribution in [0.2, 0.25) is 5.02 Å². The lowest BCUT2D eigenvalue weighted by Gasteiger charge is -2.14. The summed E-state index contributed by atoms with van der Waals surface area (Å²) in [4.78, 5) is 11.0. The topological polar surface area (TPSA) is 71.4 Å². The van der Waals surface area contributed by atoms with Gasteiger partial charge in [-0.2, -0.15) is 0 Å². The highest BCUT2D eigenvalue weighted by molar-refractivity contribution is 7.91. The molecule has 134 valence electrons. The molecule has 4 nitrogen and oxygen atoms in total. The number of carboxylic acid groups (broad SMARTS) is 1. The predicted octanol–water partition coefficient (Wildman–Crippen LogP) is 4.52. The number of carboxylic acids is 1. The van der Waals surface area contributed by atoms with Gasteiger partial charge in [0.2, 0.25) is 0 Å². The van der Waals surface area contributed by atoms with Crippen LogP contribution in [0.3, 0.4) is 0 Å². The highest BCUT2D eigenvalue weighted by atomic mass is 35.5. The second-order valence-corrected chi connectivity index (χ2v) is 8.64. The van der Waals surface area contributed by atoms with Crippen LogP contribution in [-0.4, -0.2) is 25.2 Å². The number of sulfone groups is 1. The lowest BCUT2D eigenvalue weighted by atomic mass is 9.93. The highest BCUT2D eigenvalue weighted by Crippen LogP contribution is 2.32. The van der Waals surface area contributed by atoms with E-state index < -0.39 is 15.8 Å². The van der Waals surface area contributed by atoms with E-state index in [-0.39, 0.29) is 12.2 Å². The fraction of sp³-hybridized carbons (Fsp3) is 0.316. The summed E-state index contributed by atoms with van der Waals surface area (Å²) in [5.74, 6) is -0.760. The summed E-state index contributed by atoms with van der Waals surface area (Å²) in [5, 5.41) is 9.40. The van der Waals surface area contributed by atoms with Crippen molar-refractivity contribution in [2.45, 2.75) is 38.0 Å². The van der Waals surface area contributed by atoms with Gasteiger partial charge in [-0.05, 0) is 66.3 Å². The van der Waals surface area contributed by atoms with Crippen molar-refractivity contribution in [3.63, 3.8) is 0 Å². The minimum absolute atomic E-state index is 0.0589. The van der Waals surface area contributed by atoms with Crippen molar-refractivity contribution in [3.05, 3.63) is 52.5 Å². The number of carbonyl (C=O) groups is 1. The molecular weight excluding hydrogens is 360 g/mol. The minimum atomic E-state index is -3.25. The Morgan fingerprint density at radius 3 is 2.44 bits per heavy atom. The third kappa shape index (κ3) is 4.83. The van der Waals surface area contributed by atoms with E-state index in [1.54, 1.807) is 31.2 Å². The molecule has 2 aromatic carbocycles. The normalized spacial score (nSPS) is 11.5. The summed E-state index contributed by atoms with van der Waals surface area (Å²) in [6.07, 6.45) is 1.26. The average molecular weight is 381 g/mol. The first-order valence-electron chi connectivity index (χ1n) is 8.08. The Bertz CT molecular complexity index is 888. The molecule has 6 heteroatoms. The van der Waals surface area contributed by atoms with Gasteiger partial charge >= 0.3 is 5.97 Å². The molecule has 0 aliphatic heterocycles. The number of hydrogen-bond acceptors (Lipinski definition) is 3. The first-order valence-corrected chi connectivity index (χ1v) is 10.1. The summed E-state index contributed by atoms with van der Waals surface area (Å²) in [7, 11) is -3.25. The van der Waals surface area contributed by atoms with Gasteiger partial charge in [-0.3, -0.25) is 4.79 Å². The Morgan fingerprint density at radius 1 is 1.12 bits per heavy atom. The van der Waals surface area contributed by atoms with Crippen LogP contribution in [0.1, 0.15) is 30.9 Å². The Kier molecular flexibility index (Phi) is 6.25. The van der Waals surface area contributed by atoms with Crippen LogP contribution < -0.4 is 0 Å². The molecule has 0 atom stereocenters. The first kappa shape index (κ1) is 19.5. The van der Waals surface area contributed by atoms with Crippen molar-refractivity contribution in [1.29, 1.82) is 0 Å². The van der Waals surface area contributed by atoms with Crippen molar-refractivity contribution < 1.29 is 18.3 Å². The molecule has 0 fully saturated rings. The van der Waals surface area contributed by atoms with E-state index in [1.807, 2.05) is 19.1 Å². The number of aryl methyl sites for hydroxylation is 2. The molecule has 0 aromatic heterocycles. The molecule has 0 aliphatic carbocycles. The number of hydrogen-bond donors (Lipinski definition) is 1. The van der Waals surface area contributed by atoms with Crippen LogP contribution in [0.25, 0.3) is 11.1 Å². The summed E-state index contributed by atoms with van der Waals surface area (Å²) in [6.45, 7) is 3.49. The second kappa shape index (κ2) is 8.02. The maximum Gasteiger partial charge on any atom is 0.303 e. The third-order valence-electron chi connectivity index (χ3n) is 4.14. The molecule has 2 aromatic rings. The van der Waals surface area contributed by atoms with E-state index in [2.05, 4.69) is 0 Å². The third-order valence-corrected chi connectivity index (χ3v) is 6.10. The maximum atomic E-state index is 12.1. The van der Waals surface area contributed by atoms with Gasteiger partial charge in [-0.1, -0.05) is 30.7 Å². The quantitative estimate of drug-likeness (QED) is 0.766. The second-order valence-electron chi connectivity index (χ2n) is 5.93. The first-order chi connectivity index (χ1) is 11.7. The van der Waals surface area contributed by atoms with Crippen molar-refractivity contribution in [2.24, 2.45) is 0 Å². The summed E-state index contributed by atoms with van der Waals surface area (Å²) < 4.78 is 24.1. The summed E-state index contributed by atoms with van der Waals surface area (Å²) >= 11 is 6.14. The Balaban J connectivity index is 2.43. The lowest BCUT2D eigenvalue weighted by molar-refractivity contribution is -0.137. The average Bonchev–Trinajstić information content (AvgIpc) is 2.56. The zero-order valence-electron chi connectivity index (χ0n) is 14.3. The predicted molar refractivity (Wildman–Crippen MR) is 99.9 cm³/mol. The van der Waals surface area contributed by atoms with Gasteiger partial charge in [0.25, 0.3) is 0 Å². The van der Waals surface area contributed by atoms with Gasteiger partial charge in [0.1, 0.15) is 0 Å². The van der Waals surface area contributed by atoms with E-state index in [0.717, 1.165) is 22.3 Å². The van der Waals surface area contributed by atoms with Crippen LogP contribution in [0, 0.1) is 6.92 Å². The molecule has 0 heterocycles. The fourth-order valence-corrected chi connectivity index (χ4v) is 3.88. The van der Waals surface area contributed by atoms with E-state index >= 15 is 0 Å². The summed E-state index contributed by atoms with van der Waals surface area (Å²) in [5.41, 5.74) is 3.66. The van der Waals surface area contributed by atoms with Gasteiger partial charge in [0, 0.05) is 11.4 Å². The van der Waals surface area contributed by atoms with Crippen LogP contribution in [-0.2, 0) is 21.1 Å². The minimum Gasteiger partial charge on any atom is -0.481 e. The fourth-order valence-electron chi connectivity index (χ4n) is 2.75. The zero-order valence-corrected chi connectivity index (χ0v) is 15.8. The van der Waals surface area contributed by atoms with Gasteiger partial charge in [0.15, 0.2) is 9.84 Å². The van der Waals surface area contributed by atoms with Crippen molar-refractivity contribution in [3.8, 4) is 11.1 Å². The Morgan fingerprint density at radius 2 is 1.84 bits per heavy atom. The van der Waals surface area contributed by atoms with Crippen LogP contribution >= 0.6 is 11.6 Å². The van der Waals surface area contributed by atoms with Crippen molar-refractivity contribution in [1.82, 2.24) is 0 Å². The molecule has 0 radical (unpaired) electrons. The van der Waals surface area contributed by atoms with Gasteiger partial charge in [-0.25, -0.2) is 8.42 Å². The Hall–Kier alpha value is -1.85. The van der Waals surface area contributed by atoms with E-state index in [9.17, 15) is 13.2 Å². The lowest BCUT2D eigenvalue weighted by Crippen LogP contribution is -2.04. The van der Waals surface area contributed by atoms with Gasteiger partial charge in [0.05, 0.1) is 10.6 Å². The van der Waals surface area contributed by atoms with E-state index in [0.29, 0.717) is 22.8 Å². The number of benzene rings is 2. The molecular formula is C19H21ClO4S. The summed E-state index contributed by atoms with van der Waals surface area (Å²) in [6, 6.07) is 10.6. The molecule has 0 spiro atoms. The van der Waals surface area contributed by atoms with Crippen LogP contribution in [0.4, 0.5) is 0 Å². The number of rotatable bonds is 7. The molecule has 1 N–H and O–H groups in total. The molecule has 0 bridgehead atoms. The van der Waals surface area contributed by atoms with E-state index in [1.165, 1.54) is 0 Å². The SMILES string of the molecule is CCS(=O)(=O)c1ccc(-c2cc(Cl)ccc2CCCC(=O)O)c(C)c1. The monoisotopic (exact) mass is 380 g/mol. The molecule has 0 saturated carbocycles. The molecule has 0 aliphatic rings. The largest absolute Gasteiger partial charge is 0.481 e. The maximum absolute atomic E-state index is 12.1. The van der Waals surface area contributed by atoms with Gasteiger partial charge in [-0.15, -0.1) is 0 Å². The van der Waals surface area contributed by atoms with Crippen molar-refractivity contribution >= 4 is 27.4 Å². The van der Waals surface area contributed by atoms with Crippen LogP contribution in [0.15, 0.2) is 41.3 Å². The molecule has 25 heavy (non-hydrogen) atoms. The zero-order chi connectivity index (χ0) is 18.6.